The maximum absolute atomic E-state index is 4.29. The third kappa shape index (κ3) is 3.38. The summed E-state index contributed by atoms with van der Waals surface area (Å²) in [5.74, 6) is 0.817. The Morgan fingerprint density at radius 1 is 1.28 bits per heavy atom. The Bertz CT molecular complexity index is 480. The van der Waals surface area contributed by atoms with Gasteiger partial charge in [0.25, 0.3) is 0 Å². The summed E-state index contributed by atoms with van der Waals surface area (Å²) in [6, 6.07) is 4.19. The Kier molecular flexibility index (Phi) is 4.44. The number of nitrogens with zero attached hydrogens (tertiary/aromatic N) is 5. The number of tetrazole rings is 1. The van der Waals surface area contributed by atoms with Gasteiger partial charge in [-0.05, 0) is 35.9 Å². The highest BCUT2D eigenvalue weighted by atomic mass is 15.6. The van der Waals surface area contributed by atoms with E-state index in [1.165, 1.54) is 30.3 Å². The van der Waals surface area contributed by atoms with E-state index in [9.17, 15) is 0 Å². The molecule has 0 aliphatic carbocycles. The van der Waals surface area contributed by atoms with E-state index in [2.05, 4.69) is 39.8 Å². The molecule has 98 valence electrons. The molecule has 6 nitrogen and oxygen atoms in total. The fraction of sp³-hybridized carbons (Fsp3) is 0.667. The molecule has 0 bridgehead atoms. The van der Waals surface area contributed by atoms with Crippen LogP contribution in [0.5, 0.6) is 0 Å². The normalized spacial score (nSPS) is 12.8. The molecule has 1 unspecified atom stereocenters. The average molecular weight is 248 g/mol. The van der Waals surface area contributed by atoms with Gasteiger partial charge in [-0.25, -0.2) is 0 Å². The standard InChI is InChI=1S/C12H20N6/c1-3-4-5-6-7-10(2)13-11-8-9-12-14-16-17-18(12)15-11/h8-10H,3-7H2,1-2H3,(H,13,15). The zero-order chi connectivity index (χ0) is 12.8. The van der Waals surface area contributed by atoms with Crippen LogP contribution in [0.3, 0.4) is 0 Å². The van der Waals surface area contributed by atoms with Crippen LogP contribution in [0, 0.1) is 0 Å². The van der Waals surface area contributed by atoms with Crippen molar-refractivity contribution >= 4 is 11.5 Å². The number of fused-ring (bicyclic) bond motifs is 1. The van der Waals surface area contributed by atoms with Crippen LogP contribution in [0.15, 0.2) is 12.1 Å². The highest BCUT2D eigenvalue weighted by molar-refractivity contribution is 5.42. The van der Waals surface area contributed by atoms with Gasteiger partial charge >= 0.3 is 0 Å². The van der Waals surface area contributed by atoms with Gasteiger partial charge in [-0.15, -0.1) is 14.8 Å². The van der Waals surface area contributed by atoms with Crippen molar-refractivity contribution in [2.75, 3.05) is 5.32 Å². The van der Waals surface area contributed by atoms with E-state index in [4.69, 9.17) is 0 Å². The predicted octanol–water partition coefficient (Wildman–Crippen LogP) is 2.29. The van der Waals surface area contributed by atoms with E-state index in [0.29, 0.717) is 11.7 Å². The van der Waals surface area contributed by atoms with E-state index >= 15 is 0 Å². The number of nitrogens with one attached hydrogen (secondary N) is 1. The maximum atomic E-state index is 4.29. The minimum Gasteiger partial charge on any atom is -0.366 e. The quantitative estimate of drug-likeness (QED) is 0.761. The Labute approximate surface area is 107 Å². The SMILES string of the molecule is CCCCCCC(C)Nc1ccc2nnnn2n1. The molecular formula is C12H20N6. The zero-order valence-corrected chi connectivity index (χ0v) is 11.0. The molecule has 0 fully saturated rings. The van der Waals surface area contributed by atoms with Crippen molar-refractivity contribution in [1.29, 1.82) is 0 Å². The predicted molar refractivity (Wildman–Crippen MR) is 70.4 cm³/mol. The lowest BCUT2D eigenvalue weighted by Crippen LogP contribution is -2.16. The van der Waals surface area contributed by atoms with E-state index in [-0.39, 0.29) is 0 Å². The Morgan fingerprint density at radius 3 is 3.00 bits per heavy atom. The summed E-state index contributed by atoms with van der Waals surface area (Å²) in [6.45, 7) is 4.41. The van der Waals surface area contributed by atoms with Crippen LogP contribution in [-0.4, -0.2) is 31.3 Å². The minimum atomic E-state index is 0.420. The lowest BCUT2D eigenvalue weighted by Gasteiger charge is -2.13. The van der Waals surface area contributed by atoms with Crippen LogP contribution < -0.4 is 5.32 Å². The summed E-state index contributed by atoms with van der Waals surface area (Å²) in [5.41, 5.74) is 0.663. The second-order valence-electron chi connectivity index (χ2n) is 4.64. The van der Waals surface area contributed by atoms with Crippen molar-refractivity contribution < 1.29 is 0 Å². The monoisotopic (exact) mass is 248 g/mol. The number of aromatic nitrogens is 5. The Balaban J connectivity index is 1.84. The van der Waals surface area contributed by atoms with Crippen LogP contribution in [-0.2, 0) is 0 Å². The number of rotatable bonds is 7. The summed E-state index contributed by atoms with van der Waals surface area (Å²) in [5, 5.41) is 18.8. The number of hydrogen-bond acceptors (Lipinski definition) is 5. The topological polar surface area (TPSA) is 68.0 Å². The molecule has 1 N–H and O–H groups in total. The molecule has 0 saturated carbocycles. The van der Waals surface area contributed by atoms with Crippen LogP contribution in [0.25, 0.3) is 5.65 Å². The molecule has 2 heterocycles. The van der Waals surface area contributed by atoms with E-state index in [0.717, 1.165) is 12.2 Å². The lowest BCUT2D eigenvalue weighted by atomic mass is 10.1. The van der Waals surface area contributed by atoms with Gasteiger partial charge in [-0.3, -0.25) is 0 Å². The molecule has 18 heavy (non-hydrogen) atoms. The summed E-state index contributed by atoms with van der Waals surface area (Å²) < 4.78 is 1.44. The van der Waals surface area contributed by atoms with Gasteiger partial charge in [-0.1, -0.05) is 32.6 Å². The lowest BCUT2D eigenvalue weighted by molar-refractivity contribution is 0.591. The van der Waals surface area contributed by atoms with Crippen molar-refractivity contribution in [2.45, 2.75) is 52.0 Å². The average Bonchev–Trinajstić information content (AvgIpc) is 2.82. The molecule has 2 aromatic heterocycles. The second kappa shape index (κ2) is 6.28. The first kappa shape index (κ1) is 12.7. The Morgan fingerprint density at radius 2 is 2.17 bits per heavy atom. The number of anilines is 1. The van der Waals surface area contributed by atoms with Gasteiger partial charge < -0.3 is 5.32 Å². The van der Waals surface area contributed by atoms with Gasteiger partial charge in [0.1, 0.15) is 5.82 Å². The van der Waals surface area contributed by atoms with Gasteiger partial charge in [0, 0.05) is 6.04 Å². The second-order valence-corrected chi connectivity index (χ2v) is 4.64. The van der Waals surface area contributed by atoms with E-state index < -0.39 is 0 Å². The maximum Gasteiger partial charge on any atom is 0.200 e. The van der Waals surface area contributed by atoms with Crippen molar-refractivity contribution in [3.05, 3.63) is 12.1 Å². The van der Waals surface area contributed by atoms with Crippen LogP contribution >= 0.6 is 0 Å². The third-order valence-electron chi connectivity index (χ3n) is 2.95. The van der Waals surface area contributed by atoms with Crippen LogP contribution in [0.4, 0.5) is 5.82 Å². The molecule has 0 amide bonds. The van der Waals surface area contributed by atoms with Gasteiger partial charge in [0.2, 0.25) is 0 Å². The van der Waals surface area contributed by atoms with E-state index in [1.54, 1.807) is 0 Å². The first-order valence-electron chi connectivity index (χ1n) is 6.61. The number of unbranched alkanes of at least 4 members (excludes halogenated alkanes) is 3. The first-order valence-corrected chi connectivity index (χ1v) is 6.61. The smallest absolute Gasteiger partial charge is 0.200 e. The van der Waals surface area contributed by atoms with E-state index in [1.807, 2.05) is 12.1 Å². The van der Waals surface area contributed by atoms with Crippen molar-refractivity contribution in [1.82, 2.24) is 25.3 Å². The van der Waals surface area contributed by atoms with Crippen LogP contribution in [0.2, 0.25) is 0 Å². The van der Waals surface area contributed by atoms with Crippen LogP contribution in [0.1, 0.15) is 46.0 Å². The number of hydrogen-bond donors (Lipinski definition) is 1. The molecule has 0 saturated heterocycles. The molecule has 0 aliphatic rings. The highest BCUT2D eigenvalue weighted by Crippen LogP contribution is 2.10. The third-order valence-corrected chi connectivity index (χ3v) is 2.95. The highest BCUT2D eigenvalue weighted by Gasteiger charge is 2.05. The summed E-state index contributed by atoms with van der Waals surface area (Å²) >= 11 is 0. The first-order chi connectivity index (χ1) is 8.79. The largest absolute Gasteiger partial charge is 0.366 e. The fourth-order valence-corrected chi connectivity index (χ4v) is 1.93. The molecular weight excluding hydrogens is 228 g/mol. The van der Waals surface area contributed by atoms with Gasteiger partial charge in [0.05, 0.1) is 0 Å². The van der Waals surface area contributed by atoms with Gasteiger partial charge in [0.15, 0.2) is 5.65 Å². The minimum absolute atomic E-state index is 0.420. The van der Waals surface area contributed by atoms with Crippen molar-refractivity contribution in [3.63, 3.8) is 0 Å². The molecule has 6 heteroatoms. The molecule has 0 aromatic carbocycles. The molecule has 2 aromatic rings. The Hall–Kier alpha value is -1.72. The summed E-state index contributed by atoms with van der Waals surface area (Å²) in [4.78, 5) is 0. The molecule has 2 rings (SSSR count). The molecule has 1 atom stereocenters. The van der Waals surface area contributed by atoms with Gasteiger partial charge in [-0.2, -0.15) is 0 Å². The van der Waals surface area contributed by atoms with Crippen molar-refractivity contribution in [2.24, 2.45) is 0 Å². The fourth-order valence-electron chi connectivity index (χ4n) is 1.93. The summed E-state index contributed by atoms with van der Waals surface area (Å²) in [7, 11) is 0. The van der Waals surface area contributed by atoms with Crippen molar-refractivity contribution in [3.8, 4) is 0 Å². The summed E-state index contributed by atoms with van der Waals surface area (Å²) in [6.07, 6.45) is 6.33. The molecule has 0 spiro atoms. The molecule has 0 aliphatic heterocycles. The zero-order valence-electron chi connectivity index (χ0n) is 11.0. The molecule has 0 radical (unpaired) electrons.